The highest BCUT2D eigenvalue weighted by Crippen LogP contribution is 2.30. The maximum Gasteiger partial charge on any atom is 0.225 e. The van der Waals surface area contributed by atoms with Crippen molar-refractivity contribution in [2.45, 2.75) is 69.3 Å². The monoisotopic (exact) mass is 301 g/mol. The summed E-state index contributed by atoms with van der Waals surface area (Å²) in [6.07, 6.45) is 6.55. The van der Waals surface area contributed by atoms with Crippen molar-refractivity contribution in [3.05, 3.63) is 0 Å². The Kier molecular flexibility index (Phi) is 5.10. The molecule has 0 radical (unpaired) electrons. The van der Waals surface area contributed by atoms with E-state index in [0.29, 0.717) is 13.1 Å². The van der Waals surface area contributed by atoms with Crippen LogP contribution in [0.4, 0.5) is 0 Å². The molecule has 1 heterocycles. The fraction of sp³-hybridized carbons (Fsp3) is 0.933. The second-order valence-electron chi connectivity index (χ2n) is 6.23. The number of rotatable bonds is 5. The minimum atomic E-state index is -3.02. The Morgan fingerprint density at radius 2 is 1.60 bits per heavy atom. The Morgan fingerprint density at radius 1 is 1.05 bits per heavy atom. The van der Waals surface area contributed by atoms with Gasteiger partial charge in [-0.1, -0.05) is 33.1 Å². The Labute approximate surface area is 122 Å². The average molecular weight is 301 g/mol. The Morgan fingerprint density at radius 3 is 2.10 bits per heavy atom. The molecule has 1 amide bonds. The van der Waals surface area contributed by atoms with E-state index in [1.54, 1.807) is 4.90 Å². The maximum atomic E-state index is 12.5. The fourth-order valence-electron chi connectivity index (χ4n) is 3.39. The van der Waals surface area contributed by atoms with Crippen molar-refractivity contribution in [1.29, 1.82) is 0 Å². The second-order valence-corrected chi connectivity index (χ2v) is 8.74. The fourth-order valence-corrected chi connectivity index (χ4v) is 5.70. The summed E-state index contributed by atoms with van der Waals surface area (Å²) in [5.74, 6) is 0.207. The molecule has 0 N–H and O–H groups in total. The quantitative estimate of drug-likeness (QED) is 0.783. The van der Waals surface area contributed by atoms with Crippen LogP contribution >= 0.6 is 0 Å². The van der Waals surface area contributed by atoms with Crippen LogP contribution in [0.3, 0.4) is 0 Å². The van der Waals surface area contributed by atoms with Crippen LogP contribution in [0.15, 0.2) is 0 Å². The molecule has 0 aromatic rings. The van der Waals surface area contributed by atoms with Gasteiger partial charge < -0.3 is 4.90 Å². The van der Waals surface area contributed by atoms with E-state index in [9.17, 15) is 13.2 Å². The SMILES string of the molecule is CCC(CC)C(=O)N1CC(S(=O)(=O)C2CCCCC2)C1. The lowest BCUT2D eigenvalue weighted by Crippen LogP contribution is -2.59. The van der Waals surface area contributed by atoms with E-state index in [2.05, 4.69) is 0 Å². The van der Waals surface area contributed by atoms with Crippen LogP contribution in [0, 0.1) is 5.92 Å². The molecular formula is C15H27NO3S. The van der Waals surface area contributed by atoms with Gasteiger partial charge in [-0.25, -0.2) is 8.42 Å². The molecule has 0 spiro atoms. The third-order valence-corrected chi connectivity index (χ3v) is 7.60. The summed E-state index contributed by atoms with van der Waals surface area (Å²) in [5.41, 5.74) is 0. The van der Waals surface area contributed by atoms with Crippen LogP contribution in [-0.2, 0) is 14.6 Å². The first-order valence-corrected chi connectivity index (χ1v) is 9.63. The predicted octanol–water partition coefficient (Wildman–Crippen LogP) is 2.38. The maximum absolute atomic E-state index is 12.5. The lowest BCUT2D eigenvalue weighted by molar-refractivity contribution is -0.139. The Balaban J connectivity index is 1.90. The molecule has 1 aliphatic heterocycles. The van der Waals surface area contributed by atoms with Crippen molar-refractivity contribution in [2.24, 2.45) is 5.92 Å². The molecule has 1 saturated carbocycles. The van der Waals surface area contributed by atoms with Gasteiger partial charge in [0, 0.05) is 19.0 Å². The van der Waals surface area contributed by atoms with Crippen LogP contribution in [0.1, 0.15) is 58.8 Å². The van der Waals surface area contributed by atoms with Gasteiger partial charge in [-0.2, -0.15) is 0 Å². The highest BCUT2D eigenvalue weighted by Gasteiger charge is 2.44. The zero-order valence-electron chi connectivity index (χ0n) is 12.7. The van der Waals surface area contributed by atoms with Crippen molar-refractivity contribution in [3.8, 4) is 0 Å². The average Bonchev–Trinajstić information content (AvgIpc) is 2.39. The topological polar surface area (TPSA) is 54.5 Å². The number of hydrogen-bond acceptors (Lipinski definition) is 3. The first kappa shape index (κ1) is 15.8. The van der Waals surface area contributed by atoms with E-state index in [-0.39, 0.29) is 22.3 Å². The third kappa shape index (κ3) is 3.02. The van der Waals surface area contributed by atoms with Crippen LogP contribution < -0.4 is 0 Å². The third-order valence-electron chi connectivity index (χ3n) is 4.98. The Bertz CT molecular complexity index is 430. The zero-order chi connectivity index (χ0) is 14.8. The van der Waals surface area contributed by atoms with Crippen LogP contribution in [0.2, 0.25) is 0 Å². The van der Waals surface area contributed by atoms with E-state index in [4.69, 9.17) is 0 Å². The van der Waals surface area contributed by atoms with E-state index in [1.165, 1.54) is 0 Å². The molecule has 20 heavy (non-hydrogen) atoms. The van der Waals surface area contributed by atoms with E-state index >= 15 is 0 Å². The molecule has 0 aromatic carbocycles. The van der Waals surface area contributed by atoms with Crippen molar-refractivity contribution in [3.63, 3.8) is 0 Å². The minimum absolute atomic E-state index is 0.0633. The number of sulfone groups is 1. The van der Waals surface area contributed by atoms with Crippen LogP contribution in [0.5, 0.6) is 0 Å². The van der Waals surface area contributed by atoms with Gasteiger partial charge >= 0.3 is 0 Å². The molecule has 0 unspecified atom stereocenters. The lowest BCUT2D eigenvalue weighted by Gasteiger charge is -2.42. The van der Waals surface area contributed by atoms with Crippen molar-refractivity contribution in [1.82, 2.24) is 4.90 Å². The molecule has 0 bridgehead atoms. The molecular weight excluding hydrogens is 274 g/mol. The number of amides is 1. The van der Waals surface area contributed by atoms with Crippen LogP contribution in [0.25, 0.3) is 0 Å². The minimum Gasteiger partial charge on any atom is -0.340 e. The lowest BCUT2D eigenvalue weighted by atomic mass is 10.00. The molecule has 0 atom stereocenters. The number of nitrogens with zero attached hydrogens (tertiary/aromatic N) is 1. The molecule has 2 aliphatic rings. The standard InChI is InChI=1S/C15H27NO3S/c1-3-12(4-2)15(17)16-10-14(11-16)20(18,19)13-8-6-5-7-9-13/h12-14H,3-11H2,1-2H3. The first-order valence-electron chi connectivity index (χ1n) is 8.02. The van der Waals surface area contributed by atoms with E-state index < -0.39 is 9.84 Å². The van der Waals surface area contributed by atoms with Gasteiger partial charge in [0.2, 0.25) is 5.91 Å². The first-order chi connectivity index (χ1) is 9.50. The molecule has 2 rings (SSSR count). The molecule has 0 aromatic heterocycles. The Hall–Kier alpha value is -0.580. The number of carbonyl (C=O) groups excluding carboxylic acids is 1. The molecule has 1 saturated heterocycles. The van der Waals surface area contributed by atoms with Gasteiger partial charge in [0.1, 0.15) is 0 Å². The number of likely N-dealkylation sites (tertiary alicyclic amines) is 1. The van der Waals surface area contributed by atoms with Gasteiger partial charge in [-0.15, -0.1) is 0 Å². The second kappa shape index (κ2) is 6.46. The van der Waals surface area contributed by atoms with Crippen molar-refractivity contribution >= 4 is 15.7 Å². The normalized spacial score (nSPS) is 22.1. The summed E-state index contributed by atoms with van der Waals surface area (Å²) in [7, 11) is -3.02. The van der Waals surface area contributed by atoms with Crippen LogP contribution in [-0.4, -0.2) is 42.8 Å². The summed E-state index contributed by atoms with van der Waals surface area (Å²) in [6.45, 7) is 4.88. The number of hydrogen-bond donors (Lipinski definition) is 0. The van der Waals surface area contributed by atoms with Gasteiger partial charge in [0.05, 0.1) is 10.5 Å². The molecule has 2 fully saturated rings. The smallest absolute Gasteiger partial charge is 0.225 e. The molecule has 5 heteroatoms. The number of carbonyl (C=O) groups is 1. The highest BCUT2D eigenvalue weighted by molar-refractivity contribution is 7.92. The van der Waals surface area contributed by atoms with Gasteiger partial charge in [-0.3, -0.25) is 4.79 Å². The summed E-state index contributed by atoms with van der Waals surface area (Å²) in [4.78, 5) is 13.9. The largest absolute Gasteiger partial charge is 0.340 e. The molecule has 4 nitrogen and oxygen atoms in total. The molecule has 1 aliphatic carbocycles. The van der Waals surface area contributed by atoms with Crippen molar-refractivity contribution in [2.75, 3.05) is 13.1 Å². The predicted molar refractivity (Wildman–Crippen MR) is 80.2 cm³/mol. The van der Waals surface area contributed by atoms with E-state index in [0.717, 1.165) is 44.9 Å². The molecule has 116 valence electrons. The van der Waals surface area contributed by atoms with Crippen molar-refractivity contribution < 1.29 is 13.2 Å². The highest BCUT2D eigenvalue weighted by atomic mass is 32.2. The summed E-state index contributed by atoms with van der Waals surface area (Å²) in [5, 5.41) is -0.449. The van der Waals surface area contributed by atoms with Gasteiger partial charge in [0.25, 0.3) is 0 Å². The summed E-state index contributed by atoms with van der Waals surface area (Å²) in [6, 6.07) is 0. The summed E-state index contributed by atoms with van der Waals surface area (Å²) < 4.78 is 25.0. The zero-order valence-corrected chi connectivity index (χ0v) is 13.5. The van der Waals surface area contributed by atoms with Gasteiger partial charge in [-0.05, 0) is 25.7 Å². The van der Waals surface area contributed by atoms with E-state index in [1.807, 2.05) is 13.8 Å². The summed E-state index contributed by atoms with van der Waals surface area (Å²) >= 11 is 0. The van der Waals surface area contributed by atoms with Gasteiger partial charge in [0.15, 0.2) is 9.84 Å².